The molecule has 2 aromatic carbocycles. The highest BCUT2D eigenvalue weighted by Gasteiger charge is 2.25. The number of likely N-dealkylation sites (tertiary alicyclic amines) is 1. The Morgan fingerprint density at radius 1 is 1.13 bits per heavy atom. The molecule has 0 radical (unpaired) electrons. The third-order valence-corrected chi connectivity index (χ3v) is 7.17. The minimum absolute atomic E-state index is 0.0251. The van der Waals surface area contributed by atoms with E-state index in [9.17, 15) is 4.79 Å². The van der Waals surface area contributed by atoms with Crippen LogP contribution in [0.25, 0.3) is 33.4 Å². The van der Waals surface area contributed by atoms with Crippen molar-refractivity contribution in [3.05, 3.63) is 72.6 Å². The van der Waals surface area contributed by atoms with E-state index in [0.29, 0.717) is 17.9 Å². The highest BCUT2D eigenvalue weighted by atomic mass is 16.5. The van der Waals surface area contributed by atoms with Crippen molar-refractivity contribution in [3.8, 4) is 22.4 Å². The summed E-state index contributed by atoms with van der Waals surface area (Å²) in [6, 6.07) is 16.0. The summed E-state index contributed by atoms with van der Waals surface area (Å²) in [7, 11) is 3.69. The maximum atomic E-state index is 13.2. The fraction of sp³-hybridized carbons (Fsp3) is 0.300. The minimum Gasteiger partial charge on any atom is -0.383 e. The lowest BCUT2D eigenvalue weighted by Crippen LogP contribution is -2.42. The van der Waals surface area contributed by atoms with Crippen LogP contribution in [0.2, 0.25) is 0 Å². The van der Waals surface area contributed by atoms with Crippen LogP contribution in [0.4, 0.5) is 11.5 Å². The zero-order chi connectivity index (χ0) is 26.8. The first-order valence-corrected chi connectivity index (χ1v) is 12.9. The Bertz CT molecular complexity index is 1470. The number of carbonyl (C=O) groups is 1. The molecule has 1 saturated heterocycles. The number of hydrogen-bond donors (Lipinski definition) is 2. The van der Waals surface area contributed by atoms with Crippen molar-refractivity contribution >= 4 is 28.4 Å². The number of hydrogen-bond acceptors (Lipinski definition) is 6. The van der Waals surface area contributed by atoms with Crippen molar-refractivity contribution < 1.29 is 9.53 Å². The molecule has 1 aliphatic rings. The number of anilines is 2. The minimum atomic E-state index is 0.0251. The number of fused-ring (bicyclic) bond motifs is 1. The highest BCUT2D eigenvalue weighted by Crippen LogP contribution is 2.41. The zero-order valence-corrected chi connectivity index (χ0v) is 22.2. The number of ether oxygens (including phenoxy) is 1. The fourth-order valence-electron chi connectivity index (χ4n) is 5.17. The van der Waals surface area contributed by atoms with Crippen LogP contribution in [0.1, 0.15) is 30.1 Å². The van der Waals surface area contributed by atoms with Crippen LogP contribution < -0.4 is 11.1 Å². The molecule has 1 fully saturated rings. The average Bonchev–Trinajstić information content (AvgIpc) is 3.25. The molecule has 1 aliphatic heterocycles. The number of nitrogens with zero attached hydrogens (tertiary/aromatic N) is 4. The lowest BCUT2D eigenvalue weighted by molar-refractivity contribution is 0.0269. The Labute approximate surface area is 223 Å². The second-order valence-corrected chi connectivity index (χ2v) is 9.96. The predicted molar refractivity (Wildman–Crippen MR) is 153 cm³/mol. The van der Waals surface area contributed by atoms with Gasteiger partial charge in [0.15, 0.2) is 0 Å². The quantitative estimate of drug-likeness (QED) is 0.335. The number of nitrogens with one attached hydrogen (secondary N) is 1. The van der Waals surface area contributed by atoms with Gasteiger partial charge in [0.05, 0.1) is 17.2 Å². The summed E-state index contributed by atoms with van der Waals surface area (Å²) >= 11 is 0. The first-order valence-electron chi connectivity index (χ1n) is 12.9. The van der Waals surface area contributed by atoms with Crippen LogP contribution in [0.5, 0.6) is 0 Å². The molecule has 0 unspecified atom stereocenters. The second kappa shape index (κ2) is 10.7. The number of nitrogen functional groups attached to an aromatic ring is 1. The summed E-state index contributed by atoms with van der Waals surface area (Å²) in [5.41, 5.74) is 13.8. The van der Waals surface area contributed by atoms with E-state index < -0.39 is 0 Å². The molecule has 0 aliphatic carbocycles. The van der Waals surface area contributed by atoms with Gasteiger partial charge in [-0.3, -0.25) is 4.79 Å². The van der Waals surface area contributed by atoms with Gasteiger partial charge >= 0.3 is 0 Å². The van der Waals surface area contributed by atoms with Crippen molar-refractivity contribution in [1.82, 2.24) is 19.4 Å². The molecule has 38 heavy (non-hydrogen) atoms. The van der Waals surface area contributed by atoms with Gasteiger partial charge in [-0.2, -0.15) is 0 Å². The van der Waals surface area contributed by atoms with E-state index in [1.807, 2.05) is 43.1 Å². The van der Waals surface area contributed by atoms with Crippen LogP contribution in [-0.2, 0) is 11.8 Å². The number of aromatic nitrogens is 3. The topological polar surface area (TPSA) is 98.3 Å². The number of carbonyl (C=O) groups excluding carboxylic acids is 1. The van der Waals surface area contributed by atoms with Gasteiger partial charge in [0.25, 0.3) is 5.91 Å². The molecule has 8 nitrogen and oxygen atoms in total. The summed E-state index contributed by atoms with van der Waals surface area (Å²) in [6.07, 6.45) is 3.51. The van der Waals surface area contributed by atoms with Crippen LogP contribution in [-0.4, -0.2) is 58.2 Å². The van der Waals surface area contributed by atoms with E-state index >= 15 is 0 Å². The molecule has 196 valence electrons. The van der Waals surface area contributed by atoms with Crippen molar-refractivity contribution in [2.75, 3.05) is 37.8 Å². The molecule has 4 aromatic rings. The lowest BCUT2D eigenvalue weighted by Gasteiger charge is -2.32. The zero-order valence-electron chi connectivity index (χ0n) is 22.2. The van der Waals surface area contributed by atoms with Gasteiger partial charge in [0.1, 0.15) is 17.8 Å². The van der Waals surface area contributed by atoms with Gasteiger partial charge in [0.2, 0.25) is 0 Å². The molecule has 5 rings (SSSR count). The van der Waals surface area contributed by atoms with Crippen LogP contribution in [0.3, 0.4) is 0 Å². The summed E-state index contributed by atoms with van der Waals surface area (Å²) in [4.78, 5) is 23.9. The van der Waals surface area contributed by atoms with E-state index in [-0.39, 0.29) is 12.0 Å². The Morgan fingerprint density at radius 2 is 1.84 bits per heavy atom. The Balaban J connectivity index is 1.53. The van der Waals surface area contributed by atoms with Crippen LogP contribution >= 0.6 is 0 Å². The summed E-state index contributed by atoms with van der Waals surface area (Å²) in [5.74, 6) is 0.447. The van der Waals surface area contributed by atoms with E-state index in [2.05, 4.69) is 50.7 Å². The Hall–Kier alpha value is -4.17. The summed E-state index contributed by atoms with van der Waals surface area (Å²) in [5, 5.41) is 4.18. The van der Waals surface area contributed by atoms with E-state index in [0.717, 1.165) is 70.6 Å². The predicted octanol–water partition coefficient (Wildman–Crippen LogP) is 5.12. The van der Waals surface area contributed by atoms with Gasteiger partial charge in [0, 0.05) is 50.6 Å². The Morgan fingerprint density at radius 3 is 2.53 bits per heavy atom. The molecule has 3 N–H and O–H groups in total. The van der Waals surface area contributed by atoms with Gasteiger partial charge < -0.3 is 25.3 Å². The average molecular weight is 511 g/mol. The standard InChI is InChI=1S/C30H34N6O2/c1-19(2)16-32-23-13-11-21(12-14-23)27-25(26-28(31)33-18-34-29(26)35(27)3)20-7-9-22(10-8-20)30(37)36-15-5-6-24(17-36)38-4/h7-14,18,24,32H,1,5-6,15-17H2,2-4H3,(H2,31,33,34)/t24-/m0/s1. The first kappa shape index (κ1) is 25.5. The van der Waals surface area contributed by atoms with Crippen LogP contribution in [0.15, 0.2) is 67.0 Å². The van der Waals surface area contributed by atoms with Crippen molar-refractivity contribution in [2.24, 2.45) is 7.05 Å². The smallest absolute Gasteiger partial charge is 0.253 e. The molecule has 1 amide bonds. The van der Waals surface area contributed by atoms with Crippen LogP contribution in [0, 0.1) is 0 Å². The normalized spacial score (nSPS) is 15.6. The van der Waals surface area contributed by atoms with E-state index in [1.165, 1.54) is 6.33 Å². The number of benzene rings is 2. The number of amides is 1. The van der Waals surface area contributed by atoms with Gasteiger partial charge in [-0.25, -0.2) is 9.97 Å². The van der Waals surface area contributed by atoms with E-state index in [1.54, 1.807) is 7.11 Å². The number of rotatable bonds is 7. The largest absolute Gasteiger partial charge is 0.383 e. The Kier molecular flexibility index (Phi) is 7.15. The van der Waals surface area contributed by atoms with Gasteiger partial charge in [-0.05, 0) is 55.2 Å². The third kappa shape index (κ3) is 4.87. The summed E-state index contributed by atoms with van der Waals surface area (Å²) < 4.78 is 7.55. The van der Waals surface area contributed by atoms with E-state index in [4.69, 9.17) is 10.5 Å². The SMILES string of the molecule is C=C(C)CNc1ccc(-c2c(-c3ccc(C(=O)N4CCC[C@H](OC)C4)cc3)c3c(N)ncnc3n2C)cc1. The fourth-order valence-corrected chi connectivity index (χ4v) is 5.17. The molecule has 3 heterocycles. The molecule has 0 bridgehead atoms. The van der Waals surface area contributed by atoms with Crippen molar-refractivity contribution in [2.45, 2.75) is 25.9 Å². The third-order valence-electron chi connectivity index (χ3n) is 7.17. The number of aryl methyl sites for hydroxylation is 1. The molecule has 8 heteroatoms. The molecule has 2 aromatic heterocycles. The molecule has 1 atom stereocenters. The molecular weight excluding hydrogens is 476 g/mol. The number of piperidine rings is 1. The second-order valence-electron chi connectivity index (χ2n) is 9.96. The van der Waals surface area contributed by atoms with Gasteiger partial charge in [-0.15, -0.1) is 0 Å². The maximum Gasteiger partial charge on any atom is 0.253 e. The lowest BCUT2D eigenvalue weighted by atomic mass is 9.97. The van der Waals surface area contributed by atoms with Crippen molar-refractivity contribution in [3.63, 3.8) is 0 Å². The number of nitrogens with two attached hydrogens (primary N) is 1. The molecule has 0 saturated carbocycles. The maximum absolute atomic E-state index is 13.2. The molecule has 0 spiro atoms. The van der Waals surface area contributed by atoms with Gasteiger partial charge in [-0.1, -0.05) is 36.4 Å². The summed E-state index contributed by atoms with van der Waals surface area (Å²) in [6.45, 7) is 8.04. The first-order chi connectivity index (χ1) is 18.4. The monoisotopic (exact) mass is 510 g/mol. The van der Waals surface area contributed by atoms with Crippen molar-refractivity contribution in [1.29, 1.82) is 0 Å². The highest BCUT2D eigenvalue weighted by molar-refractivity contribution is 6.08. The molecular formula is C30H34N6O2. The number of methoxy groups -OCH3 is 1.